The van der Waals surface area contributed by atoms with Gasteiger partial charge in [-0.25, -0.2) is 14.5 Å². The minimum absolute atomic E-state index is 0.196. The van der Waals surface area contributed by atoms with E-state index in [1.165, 1.54) is 6.33 Å². The summed E-state index contributed by atoms with van der Waals surface area (Å²) >= 11 is 0. The molecular formula is C23H23N5O2. The minimum atomic E-state index is -0.196. The number of ether oxygens (including phenoxy) is 1. The average molecular weight is 401 g/mol. The first-order valence-electron chi connectivity index (χ1n) is 10.1. The molecule has 7 nitrogen and oxygen atoms in total. The normalized spacial score (nSPS) is 18.3. The molecule has 0 bridgehead atoms. The van der Waals surface area contributed by atoms with Crippen LogP contribution in [-0.4, -0.2) is 30.8 Å². The number of nitrogen functional groups attached to an aromatic ring is 1. The highest BCUT2D eigenvalue weighted by atomic mass is 16.5. The molecule has 152 valence electrons. The van der Waals surface area contributed by atoms with E-state index in [-0.39, 0.29) is 6.10 Å². The van der Waals surface area contributed by atoms with Gasteiger partial charge in [0, 0.05) is 12.0 Å². The van der Waals surface area contributed by atoms with Crippen LogP contribution in [0.5, 0.6) is 5.75 Å². The third kappa shape index (κ3) is 3.59. The topological polar surface area (TPSA) is 98.6 Å². The summed E-state index contributed by atoms with van der Waals surface area (Å²) in [4.78, 5) is 9.04. The number of aliphatic hydroxyl groups excluding tert-OH is 1. The van der Waals surface area contributed by atoms with E-state index in [1.807, 2.05) is 54.6 Å². The first kappa shape index (κ1) is 18.6. The first-order chi connectivity index (χ1) is 14.7. The quantitative estimate of drug-likeness (QED) is 0.515. The van der Waals surface area contributed by atoms with Crippen LogP contribution in [0.4, 0.5) is 5.82 Å². The highest BCUT2D eigenvalue weighted by molar-refractivity contribution is 5.85. The van der Waals surface area contributed by atoms with E-state index in [2.05, 4.69) is 10.1 Å². The van der Waals surface area contributed by atoms with Gasteiger partial charge >= 0.3 is 0 Å². The minimum Gasteiger partial charge on any atom is -0.489 e. The van der Waals surface area contributed by atoms with Crippen molar-refractivity contribution in [2.45, 2.75) is 32.0 Å². The lowest BCUT2D eigenvalue weighted by molar-refractivity contribution is 0.0422. The van der Waals surface area contributed by atoms with Crippen LogP contribution < -0.4 is 10.5 Å². The average Bonchev–Trinajstić information content (AvgIpc) is 3.12. The highest BCUT2D eigenvalue weighted by Crippen LogP contribution is 2.34. The molecule has 2 heterocycles. The van der Waals surface area contributed by atoms with E-state index >= 15 is 0 Å². The summed E-state index contributed by atoms with van der Waals surface area (Å²) in [6, 6.07) is 17.9. The van der Waals surface area contributed by atoms with Crippen molar-refractivity contribution in [3.05, 3.63) is 72.3 Å². The van der Waals surface area contributed by atoms with E-state index in [1.54, 1.807) is 4.52 Å². The largest absolute Gasteiger partial charge is 0.489 e. The molecule has 1 aliphatic rings. The number of rotatable bonds is 6. The van der Waals surface area contributed by atoms with Crippen LogP contribution in [0.25, 0.3) is 16.8 Å². The molecule has 0 aliphatic heterocycles. The predicted octanol–water partition coefficient (Wildman–Crippen LogP) is 3.27. The number of nitrogens with zero attached hydrogens (tertiary/aromatic N) is 4. The van der Waals surface area contributed by atoms with Gasteiger partial charge in [0.1, 0.15) is 35.7 Å². The number of anilines is 1. The molecular weight excluding hydrogens is 378 g/mol. The summed E-state index contributed by atoms with van der Waals surface area (Å²) in [7, 11) is 0. The Balaban J connectivity index is 1.46. The monoisotopic (exact) mass is 401 g/mol. The molecule has 1 fully saturated rings. The van der Waals surface area contributed by atoms with Crippen LogP contribution in [0.15, 0.2) is 60.9 Å². The maximum absolute atomic E-state index is 9.61. The Morgan fingerprint density at radius 2 is 1.93 bits per heavy atom. The van der Waals surface area contributed by atoms with Gasteiger partial charge < -0.3 is 15.6 Å². The van der Waals surface area contributed by atoms with Crippen LogP contribution in [0.3, 0.4) is 0 Å². The Morgan fingerprint density at radius 3 is 2.73 bits per heavy atom. The number of aromatic nitrogens is 4. The molecule has 0 atom stereocenters. The number of nitrogens with two attached hydrogens (primary N) is 1. The zero-order valence-electron chi connectivity index (χ0n) is 16.5. The Morgan fingerprint density at radius 1 is 1.10 bits per heavy atom. The molecule has 5 rings (SSSR count). The number of fused-ring (bicyclic) bond motifs is 1. The maximum Gasteiger partial charge on any atom is 0.153 e. The summed E-state index contributed by atoms with van der Waals surface area (Å²) in [5.41, 5.74) is 9.65. The van der Waals surface area contributed by atoms with Crippen molar-refractivity contribution in [3.63, 3.8) is 0 Å². The van der Waals surface area contributed by atoms with Crippen molar-refractivity contribution >= 4 is 11.3 Å². The second-order valence-electron chi connectivity index (χ2n) is 7.78. The number of benzene rings is 2. The number of imidazole rings is 1. The van der Waals surface area contributed by atoms with Gasteiger partial charge in [0.2, 0.25) is 0 Å². The van der Waals surface area contributed by atoms with Crippen molar-refractivity contribution in [1.29, 1.82) is 0 Å². The van der Waals surface area contributed by atoms with Crippen LogP contribution >= 0.6 is 0 Å². The second-order valence-corrected chi connectivity index (χ2v) is 7.78. The van der Waals surface area contributed by atoms with E-state index in [9.17, 15) is 5.11 Å². The van der Waals surface area contributed by atoms with Crippen molar-refractivity contribution in [2.24, 2.45) is 5.92 Å². The Kier molecular flexibility index (Phi) is 4.80. The summed E-state index contributed by atoms with van der Waals surface area (Å²) < 4.78 is 7.76. The smallest absolute Gasteiger partial charge is 0.153 e. The molecule has 0 amide bonds. The van der Waals surface area contributed by atoms with Gasteiger partial charge in [-0.15, -0.1) is 0 Å². The molecule has 0 radical (unpaired) electrons. The summed E-state index contributed by atoms with van der Waals surface area (Å²) in [5, 5.41) is 14.0. The standard InChI is InChI=1S/C23H23N5O2/c24-23-22-21(27-20(28(22)26-14-25-23)11-16-9-18(29)10-16)17-7-4-8-19(12-17)30-13-15-5-2-1-3-6-15/h1-8,12,14,16,18,29H,9-11,13H2,(H2,24,25,26). The fourth-order valence-corrected chi connectivity index (χ4v) is 3.95. The lowest BCUT2D eigenvalue weighted by atomic mass is 9.80. The van der Waals surface area contributed by atoms with Crippen molar-refractivity contribution in [2.75, 3.05) is 5.73 Å². The van der Waals surface area contributed by atoms with Gasteiger partial charge in [-0.2, -0.15) is 5.10 Å². The number of hydrogen-bond donors (Lipinski definition) is 2. The Hall–Kier alpha value is -3.45. The molecule has 2 aromatic carbocycles. The highest BCUT2D eigenvalue weighted by Gasteiger charge is 2.29. The van der Waals surface area contributed by atoms with E-state index in [0.29, 0.717) is 23.9 Å². The fourth-order valence-electron chi connectivity index (χ4n) is 3.95. The SMILES string of the molecule is Nc1ncnn2c(CC3CC(O)C3)nc(-c3cccc(OCc4ccccc4)c3)c12. The fraction of sp³-hybridized carbons (Fsp3) is 0.261. The number of hydrogen-bond acceptors (Lipinski definition) is 6. The van der Waals surface area contributed by atoms with Gasteiger partial charge in [-0.3, -0.25) is 0 Å². The van der Waals surface area contributed by atoms with Gasteiger partial charge in [-0.1, -0.05) is 42.5 Å². The molecule has 1 saturated carbocycles. The van der Waals surface area contributed by atoms with Crippen LogP contribution in [0.2, 0.25) is 0 Å². The van der Waals surface area contributed by atoms with Crippen LogP contribution in [0, 0.1) is 5.92 Å². The molecule has 1 aliphatic carbocycles. The summed E-state index contributed by atoms with van der Waals surface area (Å²) in [6.07, 6.45) is 3.60. The van der Waals surface area contributed by atoms with Crippen LogP contribution in [-0.2, 0) is 13.0 Å². The Bertz CT molecular complexity index is 1170. The molecule has 0 saturated heterocycles. The zero-order valence-corrected chi connectivity index (χ0v) is 16.5. The molecule has 2 aromatic heterocycles. The molecule has 30 heavy (non-hydrogen) atoms. The molecule has 4 aromatic rings. The molecule has 7 heteroatoms. The van der Waals surface area contributed by atoms with E-state index in [4.69, 9.17) is 15.5 Å². The maximum atomic E-state index is 9.61. The van der Waals surface area contributed by atoms with E-state index in [0.717, 1.165) is 47.7 Å². The lowest BCUT2D eigenvalue weighted by Gasteiger charge is -2.30. The first-order valence-corrected chi connectivity index (χ1v) is 10.1. The van der Waals surface area contributed by atoms with Crippen LogP contribution in [0.1, 0.15) is 24.2 Å². The molecule has 3 N–H and O–H groups in total. The molecule has 0 spiro atoms. The zero-order chi connectivity index (χ0) is 20.5. The van der Waals surface area contributed by atoms with Crippen molar-refractivity contribution in [1.82, 2.24) is 19.6 Å². The van der Waals surface area contributed by atoms with E-state index < -0.39 is 0 Å². The predicted molar refractivity (Wildman–Crippen MR) is 114 cm³/mol. The van der Waals surface area contributed by atoms with Gasteiger partial charge in [0.15, 0.2) is 5.82 Å². The second kappa shape index (κ2) is 7.76. The van der Waals surface area contributed by atoms with Gasteiger partial charge in [-0.05, 0) is 36.5 Å². The third-order valence-corrected chi connectivity index (χ3v) is 5.57. The Labute approximate surface area is 174 Å². The molecule has 0 unspecified atom stereocenters. The van der Waals surface area contributed by atoms with Crippen molar-refractivity contribution in [3.8, 4) is 17.0 Å². The third-order valence-electron chi connectivity index (χ3n) is 5.57. The summed E-state index contributed by atoms with van der Waals surface area (Å²) in [6.45, 7) is 0.495. The van der Waals surface area contributed by atoms with Gasteiger partial charge in [0.05, 0.1) is 6.10 Å². The van der Waals surface area contributed by atoms with Gasteiger partial charge in [0.25, 0.3) is 0 Å². The van der Waals surface area contributed by atoms with Crippen molar-refractivity contribution < 1.29 is 9.84 Å². The number of aliphatic hydroxyl groups is 1. The lowest BCUT2D eigenvalue weighted by Crippen LogP contribution is -2.30. The summed E-state index contributed by atoms with van der Waals surface area (Å²) in [5.74, 6) is 2.40.